The SMILES string of the molecule is FC(F)(F)c1cc(-c2ccccc2)n(Cc2ccccc2)n1. The molecule has 0 unspecified atom stereocenters. The summed E-state index contributed by atoms with van der Waals surface area (Å²) in [5.74, 6) is 0. The topological polar surface area (TPSA) is 17.8 Å². The summed E-state index contributed by atoms with van der Waals surface area (Å²) < 4.78 is 40.3. The molecule has 2 nitrogen and oxygen atoms in total. The Kier molecular flexibility index (Phi) is 3.71. The molecule has 0 aliphatic rings. The van der Waals surface area contributed by atoms with Crippen LogP contribution >= 0.6 is 0 Å². The van der Waals surface area contributed by atoms with Gasteiger partial charge in [-0.2, -0.15) is 18.3 Å². The van der Waals surface area contributed by atoms with E-state index >= 15 is 0 Å². The lowest BCUT2D eigenvalue weighted by atomic mass is 10.1. The van der Waals surface area contributed by atoms with Gasteiger partial charge < -0.3 is 0 Å². The van der Waals surface area contributed by atoms with Crippen LogP contribution in [0.4, 0.5) is 13.2 Å². The first-order valence-electron chi connectivity index (χ1n) is 6.78. The fourth-order valence-electron chi connectivity index (χ4n) is 2.27. The maximum absolute atomic E-state index is 13.0. The van der Waals surface area contributed by atoms with Crippen molar-refractivity contribution in [3.8, 4) is 11.3 Å². The lowest BCUT2D eigenvalue weighted by Gasteiger charge is -2.07. The molecule has 5 heteroatoms. The van der Waals surface area contributed by atoms with E-state index in [1.165, 1.54) is 4.68 Å². The number of hydrogen-bond donors (Lipinski definition) is 0. The highest BCUT2D eigenvalue weighted by molar-refractivity contribution is 5.60. The van der Waals surface area contributed by atoms with Crippen molar-refractivity contribution in [3.05, 3.63) is 78.0 Å². The quantitative estimate of drug-likeness (QED) is 0.690. The predicted molar refractivity (Wildman–Crippen MR) is 78.2 cm³/mol. The molecule has 2 aromatic carbocycles. The summed E-state index contributed by atoms with van der Waals surface area (Å²) >= 11 is 0. The Morgan fingerprint density at radius 3 is 2.05 bits per heavy atom. The summed E-state index contributed by atoms with van der Waals surface area (Å²) in [4.78, 5) is 0. The van der Waals surface area contributed by atoms with E-state index in [4.69, 9.17) is 0 Å². The van der Waals surface area contributed by atoms with Crippen molar-refractivity contribution in [2.75, 3.05) is 0 Å². The molecule has 0 bridgehead atoms. The van der Waals surface area contributed by atoms with Crippen LogP contribution in [0.1, 0.15) is 11.3 Å². The first-order valence-corrected chi connectivity index (χ1v) is 6.78. The van der Waals surface area contributed by atoms with Crippen molar-refractivity contribution in [1.29, 1.82) is 0 Å². The average Bonchev–Trinajstić information content (AvgIpc) is 2.93. The Hall–Kier alpha value is -2.56. The van der Waals surface area contributed by atoms with E-state index in [1.54, 1.807) is 24.3 Å². The third kappa shape index (κ3) is 3.03. The van der Waals surface area contributed by atoms with Gasteiger partial charge in [-0.3, -0.25) is 4.68 Å². The van der Waals surface area contributed by atoms with Crippen LogP contribution in [-0.4, -0.2) is 9.78 Å². The van der Waals surface area contributed by atoms with Gasteiger partial charge in [-0.25, -0.2) is 0 Å². The summed E-state index contributed by atoms with van der Waals surface area (Å²) in [6, 6.07) is 19.4. The molecule has 0 N–H and O–H groups in total. The van der Waals surface area contributed by atoms with Gasteiger partial charge in [0, 0.05) is 0 Å². The average molecular weight is 302 g/mol. The van der Waals surface area contributed by atoms with Gasteiger partial charge in [-0.1, -0.05) is 60.7 Å². The van der Waals surface area contributed by atoms with Crippen molar-refractivity contribution in [3.63, 3.8) is 0 Å². The van der Waals surface area contributed by atoms with Crippen molar-refractivity contribution in [2.24, 2.45) is 0 Å². The predicted octanol–water partition coefficient (Wildman–Crippen LogP) is 4.62. The fourth-order valence-corrected chi connectivity index (χ4v) is 2.27. The second-order valence-electron chi connectivity index (χ2n) is 4.92. The van der Waals surface area contributed by atoms with Crippen molar-refractivity contribution >= 4 is 0 Å². The van der Waals surface area contributed by atoms with Crippen LogP contribution in [0.3, 0.4) is 0 Å². The molecule has 3 aromatic rings. The molecule has 112 valence electrons. The molecule has 1 heterocycles. The van der Waals surface area contributed by atoms with Gasteiger partial charge in [0.25, 0.3) is 0 Å². The van der Waals surface area contributed by atoms with E-state index in [1.807, 2.05) is 36.4 Å². The summed E-state index contributed by atoms with van der Waals surface area (Å²) in [6.45, 7) is 0.293. The minimum atomic E-state index is -4.45. The molecule has 0 saturated carbocycles. The Bertz CT molecular complexity index is 747. The van der Waals surface area contributed by atoms with Crippen LogP contribution in [0, 0.1) is 0 Å². The van der Waals surface area contributed by atoms with Gasteiger partial charge in [0.05, 0.1) is 12.2 Å². The number of hydrogen-bond acceptors (Lipinski definition) is 1. The van der Waals surface area contributed by atoms with E-state index in [-0.39, 0.29) is 0 Å². The van der Waals surface area contributed by atoms with Crippen LogP contribution in [0.5, 0.6) is 0 Å². The van der Waals surface area contributed by atoms with E-state index < -0.39 is 11.9 Å². The first kappa shape index (κ1) is 14.4. The van der Waals surface area contributed by atoms with Crippen LogP contribution in [0.25, 0.3) is 11.3 Å². The minimum Gasteiger partial charge on any atom is -0.260 e. The third-order valence-corrected chi connectivity index (χ3v) is 3.32. The molecule has 0 aliphatic carbocycles. The molecule has 0 radical (unpaired) electrons. The summed E-state index contributed by atoms with van der Waals surface area (Å²) in [5, 5.41) is 3.74. The van der Waals surface area contributed by atoms with E-state index in [2.05, 4.69) is 5.10 Å². The molecule has 0 fully saturated rings. The first-order chi connectivity index (χ1) is 10.5. The van der Waals surface area contributed by atoms with Gasteiger partial charge >= 0.3 is 6.18 Å². The molecule has 22 heavy (non-hydrogen) atoms. The Balaban J connectivity index is 2.05. The van der Waals surface area contributed by atoms with E-state index in [9.17, 15) is 13.2 Å². The Morgan fingerprint density at radius 1 is 0.864 bits per heavy atom. The third-order valence-electron chi connectivity index (χ3n) is 3.32. The van der Waals surface area contributed by atoms with Gasteiger partial charge in [0.15, 0.2) is 5.69 Å². The van der Waals surface area contributed by atoms with Crippen LogP contribution in [0.15, 0.2) is 66.7 Å². The van der Waals surface area contributed by atoms with Crippen LogP contribution < -0.4 is 0 Å². The molecule has 0 saturated heterocycles. The molecular formula is C17H13F3N2. The molecule has 0 atom stereocenters. The van der Waals surface area contributed by atoms with Crippen molar-refractivity contribution < 1.29 is 13.2 Å². The van der Waals surface area contributed by atoms with Crippen molar-refractivity contribution in [1.82, 2.24) is 9.78 Å². The maximum atomic E-state index is 13.0. The van der Waals surface area contributed by atoms with E-state index in [0.717, 1.165) is 11.6 Å². The molecule has 0 aliphatic heterocycles. The minimum absolute atomic E-state index is 0.293. The number of nitrogens with zero attached hydrogens (tertiary/aromatic N) is 2. The second kappa shape index (κ2) is 5.67. The highest BCUT2D eigenvalue weighted by Crippen LogP contribution is 2.32. The summed E-state index contributed by atoms with van der Waals surface area (Å²) in [5.41, 5.74) is 1.19. The zero-order chi connectivity index (χ0) is 15.6. The highest BCUT2D eigenvalue weighted by Gasteiger charge is 2.35. The normalized spacial score (nSPS) is 11.6. The standard InChI is InChI=1S/C17H13F3N2/c18-17(19,20)16-11-15(14-9-5-2-6-10-14)22(21-16)12-13-7-3-1-4-8-13/h1-11H,12H2. The smallest absolute Gasteiger partial charge is 0.260 e. The number of benzene rings is 2. The summed E-state index contributed by atoms with van der Waals surface area (Å²) in [6.07, 6.45) is -4.45. The number of aromatic nitrogens is 2. The van der Waals surface area contributed by atoms with Gasteiger partial charge in [-0.05, 0) is 17.2 Å². The zero-order valence-corrected chi connectivity index (χ0v) is 11.6. The monoisotopic (exact) mass is 302 g/mol. The number of rotatable bonds is 3. The van der Waals surface area contributed by atoms with Crippen molar-refractivity contribution in [2.45, 2.75) is 12.7 Å². The molecule has 1 aromatic heterocycles. The zero-order valence-electron chi connectivity index (χ0n) is 11.6. The largest absolute Gasteiger partial charge is 0.435 e. The Labute approximate surface area is 125 Å². The number of halogens is 3. The molecule has 0 spiro atoms. The van der Waals surface area contributed by atoms with Crippen LogP contribution in [-0.2, 0) is 12.7 Å². The van der Waals surface area contributed by atoms with Crippen LogP contribution in [0.2, 0.25) is 0 Å². The lowest BCUT2D eigenvalue weighted by molar-refractivity contribution is -0.141. The Morgan fingerprint density at radius 2 is 1.45 bits per heavy atom. The highest BCUT2D eigenvalue weighted by atomic mass is 19.4. The fraction of sp³-hybridized carbons (Fsp3) is 0.118. The van der Waals surface area contributed by atoms with Gasteiger partial charge in [0.2, 0.25) is 0 Å². The van der Waals surface area contributed by atoms with E-state index in [0.29, 0.717) is 17.8 Å². The molecule has 3 rings (SSSR count). The summed E-state index contributed by atoms with van der Waals surface area (Å²) in [7, 11) is 0. The van der Waals surface area contributed by atoms with Gasteiger partial charge in [-0.15, -0.1) is 0 Å². The second-order valence-corrected chi connectivity index (χ2v) is 4.92. The number of alkyl halides is 3. The molecule has 0 amide bonds. The van der Waals surface area contributed by atoms with Gasteiger partial charge in [0.1, 0.15) is 0 Å². The maximum Gasteiger partial charge on any atom is 0.435 e. The molecular weight excluding hydrogens is 289 g/mol. The lowest BCUT2D eigenvalue weighted by Crippen LogP contribution is -2.09.